The van der Waals surface area contributed by atoms with E-state index in [1.165, 1.54) is 0 Å². The van der Waals surface area contributed by atoms with Crippen LogP contribution in [0.3, 0.4) is 0 Å². The maximum Gasteiger partial charge on any atom is 0.416 e. The highest BCUT2D eigenvalue weighted by molar-refractivity contribution is 6.00. The van der Waals surface area contributed by atoms with Crippen LogP contribution in [-0.2, 0) is 11.0 Å². The molecule has 0 bridgehead atoms. The molecule has 2 rings (SSSR count). The van der Waals surface area contributed by atoms with Crippen molar-refractivity contribution < 1.29 is 27.5 Å². The minimum absolute atomic E-state index is 0.0329. The summed E-state index contributed by atoms with van der Waals surface area (Å²) in [4.78, 5) is 11.3. The van der Waals surface area contributed by atoms with Crippen LogP contribution in [0.1, 0.15) is 11.1 Å². The number of benzene rings is 2. The van der Waals surface area contributed by atoms with E-state index < -0.39 is 40.5 Å². The third-order valence-electron chi connectivity index (χ3n) is 3.32. The van der Waals surface area contributed by atoms with Gasteiger partial charge < -0.3 is 10.4 Å². The predicted molar refractivity (Wildman–Crippen MR) is 82.0 cm³/mol. The summed E-state index contributed by atoms with van der Waals surface area (Å²) in [5.74, 6) is -3.01. The van der Waals surface area contributed by atoms with Crippen LogP contribution in [0.5, 0.6) is 5.75 Å². The number of nitrogens with zero attached hydrogens (tertiary/aromatic N) is 1. The highest BCUT2D eigenvalue weighted by atomic mass is 19.4. The summed E-state index contributed by atoms with van der Waals surface area (Å²) in [7, 11) is 0. The molecule has 0 spiro atoms. The van der Waals surface area contributed by atoms with Gasteiger partial charge in [0, 0.05) is 5.56 Å². The number of phenolic OH excluding ortho intramolecular Hbond substituents is 1. The van der Waals surface area contributed by atoms with Gasteiger partial charge in [-0.05, 0) is 29.8 Å². The zero-order chi connectivity index (χ0) is 18.8. The summed E-state index contributed by atoms with van der Waals surface area (Å²) in [5.41, 5.74) is -1.70. The Morgan fingerprint density at radius 1 is 1.28 bits per heavy atom. The largest absolute Gasteiger partial charge is 0.504 e. The number of aromatic hydroxyl groups is 1. The first-order chi connectivity index (χ1) is 11.7. The third kappa shape index (κ3) is 3.61. The Morgan fingerprint density at radius 3 is 2.36 bits per heavy atom. The maximum absolute atomic E-state index is 14.1. The first-order valence-corrected chi connectivity index (χ1v) is 6.75. The van der Waals surface area contributed by atoms with E-state index in [2.05, 4.69) is 11.9 Å². The second-order valence-electron chi connectivity index (χ2n) is 4.89. The third-order valence-corrected chi connectivity index (χ3v) is 3.32. The summed E-state index contributed by atoms with van der Waals surface area (Å²) >= 11 is 0. The number of rotatable bonds is 3. The molecule has 0 aliphatic heterocycles. The molecule has 2 N–H and O–H groups in total. The van der Waals surface area contributed by atoms with Crippen molar-refractivity contribution in [2.45, 2.75) is 6.18 Å². The first kappa shape index (κ1) is 18.0. The number of hydrogen-bond donors (Lipinski definition) is 2. The SMILES string of the molecule is C=CC(=O)Nc1cc(-c2ccc(C(F)(F)F)cc2)c(C#N)c(O)c1F. The number of alkyl halides is 3. The number of nitriles is 1. The molecule has 2 aromatic carbocycles. The van der Waals surface area contributed by atoms with Crippen molar-refractivity contribution in [2.24, 2.45) is 0 Å². The molecule has 0 unspecified atom stereocenters. The molecule has 2 aromatic rings. The van der Waals surface area contributed by atoms with Crippen LogP contribution in [0.2, 0.25) is 0 Å². The number of anilines is 1. The van der Waals surface area contributed by atoms with Crippen molar-refractivity contribution in [1.29, 1.82) is 5.26 Å². The van der Waals surface area contributed by atoms with Crippen LogP contribution in [0, 0.1) is 17.1 Å². The zero-order valence-electron chi connectivity index (χ0n) is 12.5. The molecule has 25 heavy (non-hydrogen) atoms. The molecule has 1 amide bonds. The van der Waals surface area contributed by atoms with Crippen molar-refractivity contribution in [3.05, 3.63) is 59.9 Å². The smallest absolute Gasteiger partial charge is 0.416 e. The molecule has 0 radical (unpaired) electrons. The molecule has 0 aliphatic carbocycles. The summed E-state index contributed by atoms with van der Waals surface area (Å²) in [6, 6.07) is 6.39. The summed E-state index contributed by atoms with van der Waals surface area (Å²) in [5, 5.41) is 21.1. The lowest BCUT2D eigenvalue weighted by Crippen LogP contribution is -2.09. The number of hydrogen-bond acceptors (Lipinski definition) is 3. The van der Waals surface area contributed by atoms with Crippen LogP contribution in [0.4, 0.5) is 23.2 Å². The lowest BCUT2D eigenvalue weighted by molar-refractivity contribution is -0.137. The van der Waals surface area contributed by atoms with Crippen molar-refractivity contribution >= 4 is 11.6 Å². The van der Waals surface area contributed by atoms with Gasteiger partial charge in [-0.3, -0.25) is 4.79 Å². The first-order valence-electron chi connectivity index (χ1n) is 6.75. The minimum Gasteiger partial charge on any atom is -0.504 e. The summed E-state index contributed by atoms with van der Waals surface area (Å²) < 4.78 is 52.0. The molecule has 0 atom stereocenters. The lowest BCUT2D eigenvalue weighted by Gasteiger charge is -2.13. The van der Waals surface area contributed by atoms with E-state index in [0.29, 0.717) is 0 Å². The normalized spacial score (nSPS) is 10.8. The van der Waals surface area contributed by atoms with Gasteiger partial charge in [-0.25, -0.2) is 4.39 Å². The van der Waals surface area contributed by atoms with Crippen LogP contribution in [-0.4, -0.2) is 11.0 Å². The van der Waals surface area contributed by atoms with Crippen LogP contribution in [0.15, 0.2) is 43.0 Å². The average Bonchev–Trinajstić information content (AvgIpc) is 2.58. The van der Waals surface area contributed by atoms with Gasteiger partial charge in [0.15, 0.2) is 11.6 Å². The van der Waals surface area contributed by atoms with E-state index in [4.69, 9.17) is 5.26 Å². The molecule has 0 aromatic heterocycles. The second-order valence-corrected chi connectivity index (χ2v) is 4.89. The lowest BCUT2D eigenvalue weighted by atomic mass is 9.97. The topological polar surface area (TPSA) is 73.1 Å². The number of carbonyl (C=O) groups excluding carboxylic acids is 1. The van der Waals surface area contributed by atoms with Crippen LogP contribution in [0.25, 0.3) is 11.1 Å². The number of carbonyl (C=O) groups is 1. The van der Waals surface area contributed by atoms with E-state index in [-0.39, 0.29) is 11.1 Å². The van der Waals surface area contributed by atoms with Crippen molar-refractivity contribution in [3.8, 4) is 22.9 Å². The van der Waals surface area contributed by atoms with E-state index in [1.54, 1.807) is 6.07 Å². The Bertz CT molecular complexity index is 881. The van der Waals surface area contributed by atoms with E-state index >= 15 is 0 Å². The minimum atomic E-state index is -4.54. The Hall–Kier alpha value is -3.34. The Labute approximate surface area is 139 Å². The van der Waals surface area contributed by atoms with E-state index in [1.807, 2.05) is 0 Å². The molecule has 0 aliphatic rings. The standard InChI is InChI=1S/C17H10F4N2O2/c1-2-14(24)23-13-7-11(12(8-22)16(25)15(13)18)9-3-5-10(6-4-9)17(19,20)21/h2-7,25H,1H2,(H,23,24). The maximum atomic E-state index is 14.1. The van der Waals surface area contributed by atoms with Gasteiger partial charge >= 0.3 is 6.18 Å². The van der Waals surface area contributed by atoms with Gasteiger partial charge in [0.1, 0.15) is 11.6 Å². The Morgan fingerprint density at radius 2 is 1.88 bits per heavy atom. The summed E-state index contributed by atoms with van der Waals surface area (Å²) in [6.45, 7) is 3.20. The zero-order valence-corrected chi connectivity index (χ0v) is 12.5. The molecule has 0 fully saturated rings. The van der Waals surface area contributed by atoms with Gasteiger partial charge in [0.25, 0.3) is 0 Å². The van der Waals surface area contributed by atoms with Gasteiger partial charge in [-0.1, -0.05) is 18.7 Å². The Balaban J connectivity index is 2.61. The number of phenols is 1. The van der Waals surface area contributed by atoms with E-state index in [9.17, 15) is 27.5 Å². The fourth-order valence-corrected chi connectivity index (χ4v) is 2.10. The molecular formula is C17H10F4N2O2. The van der Waals surface area contributed by atoms with Crippen molar-refractivity contribution in [3.63, 3.8) is 0 Å². The monoisotopic (exact) mass is 350 g/mol. The number of halogens is 4. The molecule has 0 heterocycles. The van der Waals surface area contributed by atoms with Crippen molar-refractivity contribution in [2.75, 3.05) is 5.32 Å². The van der Waals surface area contributed by atoms with Crippen LogP contribution >= 0.6 is 0 Å². The second kappa shape index (κ2) is 6.65. The van der Waals surface area contributed by atoms with Gasteiger partial charge in [-0.2, -0.15) is 18.4 Å². The average molecular weight is 350 g/mol. The highest BCUT2D eigenvalue weighted by Crippen LogP contribution is 2.38. The predicted octanol–water partition coefficient (Wildman–Crippen LogP) is 4.21. The molecule has 128 valence electrons. The number of amides is 1. The number of nitrogens with one attached hydrogen (secondary N) is 1. The fourth-order valence-electron chi connectivity index (χ4n) is 2.10. The highest BCUT2D eigenvalue weighted by Gasteiger charge is 2.30. The quantitative estimate of drug-likeness (QED) is 0.643. The van der Waals surface area contributed by atoms with Crippen molar-refractivity contribution in [1.82, 2.24) is 0 Å². The fraction of sp³-hybridized carbons (Fsp3) is 0.0588. The summed E-state index contributed by atoms with van der Waals surface area (Å²) in [6.07, 6.45) is -3.67. The van der Waals surface area contributed by atoms with E-state index in [0.717, 1.165) is 36.4 Å². The van der Waals surface area contributed by atoms with Gasteiger partial charge in [-0.15, -0.1) is 0 Å². The van der Waals surface area contributed by atoms with Gasteiger partial charge in [0.2, 0.25) is 5.91 Å². The molecule has 0 saturated carbocycles. The Kier molecular flexibility index (Phi) is 4.79. The molecular weight excluding hydrogens is 340 g/mol. The molecule has 4 nitrogen and oxygen atoms in total. The van der Waals surface area contributed by atoms with Gasteiger partial charge in [0.05, 0.1) is 11.3 Å². The molecule has 0 saturated heterocycles. The molecule has 8 heteroatoms. The van der Waals surface area contributed by atoms with Crippen LogP contribution < -0.4 is 5.32 Å².